The number of H-pyrrole nitrogens is 1. The molecule has 0 saturated carbocycles. The molecule has 0 bridgehead atoms. The zero-order chi connectivity index (χ0) is 14.7. The highest BCUT2D eigenvalue weighted by molar-refractivity contribution is 5.87. The van der Waals surface area contributed by atoms with Gasteiger partial charge in [-0.25, -0.2) is 9.97 Å². The highest BCUT2D eigenvalue weighted by atomic mass is 14.8. The molecule has 0 spiro atoms. The third-order valence-electron chi connectivity index (χ3n) is 3.36. The highest BCUT2D eigenvalue weighted by Crippen LogP contribution is 2.30. The van der Waals surface area contributed by atoms with Gasteiger partial charge in [0.1, 0.15) is 6.33 Å². The van der Waals surface area contributed by atoms with Crippen LogP contribution in [0.2, 0.25) is 0 Å². The number of allylic oxidation sites excluding steroid dienone is 1. The van der Waals surface area contributed by atoms with Crippen LogP contribution in [0.15, 0.2) is 49.2 Å². The molecular weight excluding hydrogens is 260 g/mol. The van der Waals surface area contributed by atoms with Gasteiger partial charge in [-0.2, -0.15) is 0 Å². The predicted octanol–water partition coefficient (Wildman–Crippen LogP) is 3.59. The van der Waals surface area contributed by atoms with E-state index in [9.17, 15) is 0 Å². The van der Waals surface area contributed by atoms with Crippen LogP contribution in [0.5, 0.6) is 0 Å². The second-order valence-electron chi connectivity index (χ2n) is 4.69. The lowest BCUT2D eigenvalue weighted by atomic mass is 10.0. The summed E-state index contributed by atoms with van der Waals surface area (Å²) in [6.45, 7) is 2.00. The third kappa shape index (κ3) is 2.43. The van der Waals surface area contributed by atoms with Crippen molar-refractivity contribution in [2.45, 2.75) is 6.92 Å². The van der Waals surface area contributed by atoms with Crippen LogP contribution in [0.4, 0.5) is 0 Å². The number of nitrogens with two attached hydrogens (primary N) is 1. The van der Waals surface area contributed by atoms with Crippen molar-refractivity contribution in [3.8, 4) is 11.1 Å². The number of aromatic nitrogens is 3. The molecule has 3 aromatic rings. The Balaban J connectivity index is 2.17. The Morgan fingerprint density at radius 2 is 2.14 bits per heavy atom. The number of aromatic amines is 1. The van der Waals surface area contributed by atoms with Gasteiger partial charge < -0.3 is 10.7 Å². The van der Waals surface area contributed by atoms with Crippen LogP contribution in [0.1, 0.15) is 18.2 Å². The summed E-state index contributed by atoms with van der Waals surface area (Å²) in [5.74, 6) is 0. The van der Waals surface area contributed by atoms with Crippen molar-refractivity contribution in [1.29, 1.82) is 0 Å². The molecule has 0 unspecified atom stereocenters. The summed E-state index contributed by atoms with van der Waals surface area (Å²) in [7, 11) is 0. The maximum absolute atomic E-state index is 5.51. The number of benzene rings is 1. The Morgan fingerprint density at radius 3 is 2.95 bits per heavy atom. The third-order valence-corrected chi connectivity index (χ3v) is 3.36. The molecule has 0 aliphatic rings. The average Bonchev–Trinajstić information content (AvgIpc) is 2.91. The second kappa shape index (κ2) is 5.63. The molecule has 21 heavy (non-hydrogen) atoms. The number of nitrogens with zero attached hydrogens (tertiary/aromatic N) is 2. The van der Waals surface area contributed by atoms with E-state index in [4.69, 9.17) is 5.73 Å². The quantitative estimate of drug-likeness (QED) is 0.768. The maximum atomic E-state index is 5.51. The number of rotatable bonds is 3. The van der Waals surface area contributed by atoms with Crippen molar-refractivity contribution < 1.29 is 0 Å². The van der Waals surface area contributed by atoms with Gasteiger partial charge in [0, 0.05) is 34.6 Å². The fraction of sp³-hybridized carbons (Fsp3) is 0.0588. The van der Waals surface area contributed by atoms with Crippen molar-refractivity contribution in [1.82, 2.24) is 15.0 Å². The molecule has 0 aliphatic carbocycles. The van der Waals surface area contributed by atoms with Gasteiger partial charge in [0.05, 0.1) is 5.52 Å². The van der Waals surface area contributed by atoms with Crippen molar-refractivity contribution >= 4 is 23.1 Å². The lowest BCUT2D eigenvalue weighted by Gasteiger charge is -2.03. The fourth-order valence-corrected chi connectivity index (χ4v) is 2.42. The number of nitrogens with one attached hydrogen (secondary N) is 1. The first-order valence-corrected chi connectivity index (χ1v) is 6.76. The zero-order valence-electron chi connectivity index (χ0n) is 11.7. The fourth-order valence-electron chi connectivity index (χ4n) is 2.42. The van der Waals surface area contributed by atoms with Crippen LogP contribution in [0.3, 0.4) is 0 Å². The Bertz CT molecular complexity index is 828. The molecule has 4 heteroatoms. The van der Waals surface area contributed by atoms with E-state index in [1.165, 1.54) is 6.20 Å². The first kappa shape index (κ1) is 13.1. The summed E-state index contributed by atoms with van der Waals surface area (Å²) >= 11 is 0. The topological polar surface area (TPSA) is 67.6 Å². The zero-order valence-corrected chi connectivity index (χ0v) is 11.7. The van der Waals surface area contributed by atoms with Crippen molar-refractivity contribution in [2.24, 2.45) is 5.73 Å². The Labute approximate surface area is 123 Å². The Kier molecular flexibility index (Phi) is 3.51. The monoisotopic (exact) mass is 276 g/mol. The Morgan fingerprint density at radius 1 is 1.24 bits per heavy atom. The number of fused-ring (bicyclic) bond motifs is 1. The van der Waals surface area contributed by atoms with Gasteiger partial charge in [-0.15, -0.1) is 0 Å². The van der Waals surface area contributed by atoms with Crippen molar-refractivity contribution in [3.05, 3.63) is 60.5 Å². The minimum Gasteiger partial charge on any atom is -0.405 e. The average molecular weight is 276 g/mol. The normalized spacial score (nSPS) is 11.9. The van der Waals surface area contributed by atoms with E-state index in [0.717, 1.165) is 33.3 Å². The molecule has 0 radical (unpaired) electrons. The van der Waals surface area contributed by atoms with Gasteiger partial charge in [0.25, 0.3) is 0 Å². The van der Waals surface area contributed by atoms with Gasteiger partial charge in [-0.05, 0) is 36.9 Å². The minimum atomic E-state index is 0.943. The van der Waals surface area contributed by atoms with Crippen LogP contribution in [-0.4, -0.2) is 15.0 Å². The van der Waals surface area contributed by atoms with Crippen LogP contribution < -0.4 is 5.73 Å². The van der Waals surface area contributed by atoms with Gasteiger partial charge in [0.15, 0.2) is 0 Å². The van der Waals surface area contributed by atoms with Crippen LogP contribution in [0.25, 0.3) is 34.2 Å². The molecule has 2 aromatic heterocycles. The molecule has 0 aliphatic heterocycles. The smallest absolute Gasteiger partial charge is 0.116 e. The SMILES string of the molecule is C/C=C/c1c(-c2ccc3ncncc3c2)c[nH]c1/C=C\N. The van der Waals surface area contributed by atoms with Crippen molar-refractivity contribution in [3.63, 3.8) is 0 Å². The standard InChI is InChI=1S/C17H16N4/c1-2-3-14-15(10-20-17(14)6-7-18)12-4-5-16-13(8-12)9-19-11-21-16/h2-11,20H,18H2,1H3/b3-2+,7-6-. The van der Waals surface area contributed by atoms with Gasteiger partial charge in [-0.3, -0.25) is 0 Å². The molecule has 0 atom stereocenters. The van der Waals surface area contributed by atoms with Crippen LogP contribution in [-0.2, 0) is 0 Å². The maximum Gasteiger partial charge on any atom is 0.116 e. The summed E-state index contributed by atoms with van der Waals surface area (Å²) < 4.78 is 0. The molecule has 104 valence electrons. The van der Waals surface area contributed by atoms with Gasteiger partial charge >= 0.3 is 0 Å². The summed E-state index contributed by atoms with van der Waals surface area (Å²) in [5, 5.41) is 1.03. The predicted molar refractivity (Wildman–Crippen MR) is 87.3 cm³/mol. The first-order chi connectivity index (χ1) is 10.3. The first-order valence-electron chi connectivity index (χ1n) is 6.76. The van der Waals surface area contributed by atoms with E-state index in [-0.39, 0.29) is 0 Å². The van der Waals surface area contributed by atoms with Gasteiger partial charge in [0.2, 0.25) is 0 Å². The molecule has 4 nitrogen and oxygen atoms in total. The molecule has 0 fully saturated rings. The number of hydrogen-bond acceptors (Lipinski definition) is 3. The molecule has 2 heterocycles. The minimum absolute atomic E-state index is 0.943. The number of hydrogen-bond donors (Lipinski definition) is 2. The van der Waals surface area contributed by atoms with E-state index in [1.54, 1.807) is 6.33 Å². The summed E-state index contributed by atoms with van der Waals surface area (Å²) in [5.41, 5.74) is 10.8. The van der Waals surface area contributed by atoms with E-state index >= 15 is 0 Å². The highest BCUT2D eigenvalue weighted by Gasteiger charge is 2.09. The molecule has 3 N–H and O–H groups in total. The summed E-state index contributed by atoms with van der Waals surface area (Å²) in [6, 6.07) is 6.18. The molecular formula is C17H16N4. The lowest BCUT2D eigenvalue weighted by Crippen LogP contribution is -1.85. The summed E-state index contributed by atoms with van der Waals surface area (Å²) in [4.78, 5) is 11.6. The summed E-state index contributed by atoms with van der Waals surface area (Å²) in [6.07, 6.45) is 12.9. The lowest BCUT2D eigenvalue weighted by molar-refractivity contribution is 1.22. The Hall–Kier alpha value is -2.88. The second-order valence-corrected chi connectivity index (χ2v) is 4.69. The van der Waals surface area contributed by atoms with Crippen molar-refractivity contribution in [2.75, 3.05) is 0 Å². The largest absolute Gasteiger partial charge is 0.405 e. The molecule has 0 amide bonds. The van der Waals surface area contributed by atoms with Crippen LogP contribution >= 0.6 is 0 Å². The molecule has 0 saturated heterocycles. The van der Waals surface area contributed by atoms with Crippen LogP contribution in [0, 0.1) is 0 Å². The molecule has 1 aromatic carbocycles. The van der Waals surface area contributed by atoms with E-state index in [0.29, 0.717) is 0 Å². The van der Waals surface area contributed by atoms with E-state index in [1.807, 2.05) is 37.5 Å². The van der Waals surface area contributed by atoms with E-state index in [2.05, 4.69) is 33.2 Å². The van der Waals surface area contributed by atoms with E-state index < -0.39 is 0 Å². The van der Waals surface area contributed by atoms with Gasteiger partial charge in [-0.1, -0.05) is 18.2 Å². The molecule has 3 rings (SSSR count).